The topological polar surface area (TPSA) is 0 Å². The number of rotatable bonds is 3. The summed E-state index contributed by atoms with van der Waals surface area (Å²) >= 11 is 0. The van der Waals surface area contributed by atoms with Gasteiger partial charge in [-0.3, -0.25) is 0 Å². The molecule has 4 heteroatoms. The number of halogens is 4. The van der Waals surface area contributed by atoms with Gasteiger partial charge in [0.15, 0.2) is 0 Å². The predicted octanol–water partition coefficient (Wildman–Crippen LogP) is 4.24. The molecule has 16 heavy (non-hydrogen) atoms. The summed E-state index contributed by atoms with van der Waals surface area (Å²) in [6, 6.07) is 4.64. The maximum Gasteiger partial charge on any atom is 0.416 e. The average Bonchev–Trinajstić information content (AvgIpc) is 2.17. The Kier molecular flexibility index (Phi) is 3.94. The molecule has 0 saturated carbocycles. The van der Waals surface area contributed by atoms with Crippen LogP contribution in [0, 0.1) is 5.92 Å². The molecule has 1 aromatic carbocycles. The van der Waals surface area contributed by atoms with Gasteiger partial charge in [0.25, 0.3) is 0 Å². The first-order chi connectivity index (χ1) is 7.30. The lowest BCUT2D eigenvalue weighted by Gasteiger charge is -2.12. The van der Waals surface area contributed by atoms with Crippen molar-refractivity contribution >= 4 is 0 Å². The van der Waals surface area contributed by atoms with Gasteiger partial charge in [0, 0.05) is 6.42 Å². The third kappa shape index (κ3) is 3.51. The maximum atomic E-state index is 13.3. The van der Waals surface area contributed by atoms with E-state index in [9.17, 15) is 17.6 Å². The third-order valence-electron chi connectivity index (χ3n) is 2.44. The van der Waals surface area contributed by atoms with Gasteiger partial charge in [-0.1, -0.05) is 26.0 Å². The third-order valence-corrected chi connectivity index (χ3v) is 2.44. The molecular formula is C12H14F4. The zero-order valence-electron chi connectivity index (χ0n) is 9.18. The van der Waals surface area contributed by atoms with Crippen LogP contribution in [0.1, 0.15) is 25.0 Å². The Hall–Kier alpha value is -1.06. The summed E-state index contributed by atoms with van der Waals surface area (Å²) < 4.78 is 50.0. The molecule has 1 rings (SSSR count). The standard InChI is InChI=1S/C12H14F4/c1-8(2)11(13)7-9-3-5-10(6-4-9)12(14,15)16/h3-6,8,11H,7H2,1-2H3. The van der Waals surface area contributed by atoms with Gasteiger partial charge in [-0.2, -0.15) is 13.2 Å². The Morgan fingerprint density at radius 2 is 1.56 bits per heavy atom. The van der Waals surface area contributed by atoms with Gasteiger partial charge >= 0.3 is 6.18 Å². The van der Waals surface area contributed by atoms with Crippen LogP contribution in [0.15, 0.2) is 24.3 Å². The molecular weight excluding hydrogens is 220 g/mol. The monoisotopic (exact) mass is 234 g/mol. The molecule has 0 saturated heterocycles. The van der Waals surface area contributed by atoms with E-state index in [2.05, 4.69) is 0 Å². The van der Waals surface area contributed by atoms with E-state index in [4.69, 9.17) is 0 Å². The van der Waals surface area contributed by atoms with Crippen molar-refractivity contribution in [1.29, 1.82) is 0 Å². The molecule has 0 spiro atoms. The van der Waals surface area contributed by atoms with Crippen molar-refractivity contribution in [2.75, 3.05) is 0 Å². The second kappa shape index (κ2) is 4.85. The molecule has 0 aromatic heterocycles. The highest BCUT2D eigenvalue weighted by atomic mass is 19.4. The normalized spacial score (nSPS) is 14.2. The van der Waals surface area contributed by atoms with Crippen LogP contribution in [0.4, 0.5) is 17.6 Å². The van der Waals surface area contributed by atoms with Gasteiger partial charge in [-0.05, 0) is 23.6 Å². The summed E-state index contributed by atoms with van der Waals surface area (Å²) in [5.74, 6) is -0.123. The van der Waals surface area contributed by atoms with Crippen molar-refractivity contribution in [3.8, 4) is 0 Å². The molecule has 0 N–H and O–H groups in total. The van der Waals surface area contributed by atoms with Crippen molar-refractivity contribution in [3.63, 3.8) is 0 Å². The average molecular weight is 234 g/mol. The fourth-order valence-electron chi connectivity index (χ4n) is 1.29. The number of benzene rings is 1. The number of hydrogen-bond acceptors (Lipinski definition) is 0. The molecule has 0 aliphatic heterocycles. The second-order valence-electron chi connectivity index (χ2n) is 4.16. The van der Waals surface area contributed by atoms with Crippen molar-refractivity contribution < 1.29 is 17.6 Å². The highest BCUT2D eigenvalue weighted by Crippen LogP contribution is 2.29. The Morgan fingerprint density at radius 1 is 1.06 bits per heavy atom. The minimum Gasteiger partial charge on any atom is -0.247 e. The molecule has 1 unspecified atom stereocenters. The zero-order valence-corrected chi connectivity index (χ0v) is 9.18. The summed E-state index contributed by atoms with van der Waals surface area (Å²) in [5, 5.41) is 0. The van der Waals surface area contributed by atoms with Crippen LogP contribution in [-0.2, 0) is 12.6 Å². The first kappa shape index (κ1) is 13.0. The lowest BCUT2D eigenvalue weighted by molar-refractivity contribution is -0.137. The van der Waals surface area contributed by atoms with Crippen molar-refractivity contribution in [3.05, 3.63) is 35.4 Å². The maximum absolute atomic E-state index is 13.3. The zero-order chi connectivity index (χ0) is 12.3. The van der Waals surface area contributed by atoms with Gasteiger partial charge in [0.05, 0.1) is 5.56 Å². The van der Waals surface area contributed by atoms with Crippen molar-refractivity contribution in [1.82, 2.24) is 0 Å². The van der Waals surface area contributed by atoms with E-state index in [-0.39, 0.29) is 12.3 Å². The van der Waals surface area contributed by atoms with E-state index in [1.54, 1.807) is 13.8 Å². The smallest absolute Gasteiger partial charge is 0.247 e. The molecule has 0 aliphatic carbocycles. The number of alkyl halides is 4. The minimum absolute atomic E-state index is 0.123. The molecule has 1 aromatic rings. The molecule has 0 heterocycles. The van der Waals surface area contributed by atoms with Gasteiger partial charge in [-0.25, -0.2) is 4.39 Å². The Morgan fingerprint density at radius 3 is 1.94 bits per heavy atom. The highest BCUT2D eigenvalue weighted by Gasteiger charge is 2.30. The Balaban J connectivity index is 2.72. The first-order valence-corrected chi connectivity index (χ1v) is 5.11. The van der Waals surface area contributed by atoms with Crippen LogP contribution >= 0.6 is 0 Å². The summed E-state index contributed by atoms with van der Waals surface area (Å²) in [5.41, 5.74) is -0.106. The van der Waals surface area contributed by atoms with Crippen LogP contribution in [0.3, 0.4) is 0 Å². The van der Waals surface area contributed by atoms with E-state index in [0.29, 0.717) is 5.56 Å². The second-order valence-corrected chi connectivity index (χ2v) is 4.16. The summed E-state index contributed by atoms with van der Waals surface area (Å²) in [4.78, 5) is 0. The van der Waals surface area contributed by atoms with Gasteiger partial charge in [-0.15, -0.1) is 0 Å². The Labute approximate surface area is 92.3 Å². The summed E-state index contributed by atoms with van der Waals surface area (Å²) in [6.45, 7) is 3.49. The molecule has 0 nitrogen and oxygen atoms in total. The van der Waals surface area contributed by atoms with E-state index in [1.165, 1.54) is 12.1 Å². The van der Waals surface area contributed by atoms with E-state index in [0.717, 1.165) is 12.1 Å². The minimum atomic E-state index is -4.33. The molecule has 0 bridgehead atoms. The molecule has 0 amide bonds. The molecule has 0 fully saturated rings. The van der Waals surface area contributed by atoms with Crippen LogP contribution in [0.25, 0.3) is 0 Å². The number of hydrogen-bond donors (Lipinski definition) is 0. The highest BCUT2D eigenvalue weighted by molar-refractivity contribution is 5.25. The SMILES string of the molecule is CC(C)C(F)Cc1ccc(C(F)(F)F)cc1. The Bertz CT molecular complexity index is 324. The fraction of sp³-hybridized carbons (Fsp3) is 0.500. The van der Waals surface area contributed by atoms with E-state index in [1.807, 2.05) is 0 Å². The largest absolute Gasteiger partial charge is 0.416 e. The molecule has 0 aliphatic rings. The molecule has 90 valence electrons. The van der Waals surface area contributed by atoms with E-state index >= 15 is 0 Å². The van der Waals surface area contributed by atoms with Crippen molar-refractivity contribution in [2.24, 2.45) is 5.92 Å². The quantitative estimate of drug-likeness (QED) is 0.686. The molecule has 0 radical (unpaired) electrons. The predicted molar refractivity (Wildman–Crippen MR) is 54.9 cm³/mol. The van der Waals surface area contributed by atoms with Gasteiger partial charge < -0.3 is 0 Å². The fourth-order valence-corrected chi connectivity index (χ4v) is 1.29. The summed E-state index contributed by atoms with van der Waals surface area (Å²) in [7, 11) is 0. The van der Waals surface area contributed by atoms with Crippen LogP contribution in [0.5, 0.6) is 0 Å². The molecule has 1 atom stereocenters. The van der Waals surface area contributed by atoms with Crippen LogP contribution < -0.4 is 0 Å². The van der Waals surface area contributed by atoms with Gasteiger partial charge in [0.1, 0.15) is 6.17 Å². The first-order valence-electron chi connectivity index (χ1n) is 5.11. The van der Waals surface area contributed by atoms with Crippen LogP contribution in [0.2, 0.25) is 0 Å². The lowest BCUT2D eigenvalue weighted by Crippen LogP contribution is -2.12. The lowest BCUT2D eigenvalue weighted by atomic mass is 10.00. The van der Waals surface area contributed by atoms with Crippen molar-refractivity contribution in [2.45, 2.75) is 32.6 Å². The summed E-state index contributed by atoms with van der Waals surface area (Å²) in [6.07, 6.45) is -5.18. The van der Waals surface area contributed by atoms with Crippen LogP contribution in [-0.4, -0.2) is 6.17 Å². The van der Waals surface area contributed by atoms with Gasteiger partial charge in [0.2, 0.25) is 0 Å². The van der Waals surface area contributed by atoms with E-state index < -0.39 is 17.9 Å².